The largest absolute Gasteiger partial charge is 0.396 e. The molecular formula is C10H20BO7P. The lowest BCUT2D eigenvalue weighted by Crippen LogP contribution is -2.38. The maximum absolute atomic E-state index is 11.4. The third kappa shape index (κ3) is 5.51. The molecule has 1 fully saturated rings. The van der Waals surface area contributed by atoms with E-state index in [1.165, 1.54) is 7.11 Å². The van der Waals surface area contributed by atoms with Crippen molar-refractivity contribution in [2.75, 3.05) is 33.6 Å². The van der Waals surface area contributed by atoms with Gasteiger partial charge in [-0.1, -0.05) is 0 Å². The van der Waals surface area contributed by atoms with Crippen LogP contribution in [0.2, 0.25) is 0 Å². The van der Waals surface area contributed by atoms with Crippen molar-refractivity contribution in [1.29, 1.82) is 0 Å². The smallest absolute Gasteiger partial charge is 0.325 e. The van der Waals surface area contributed by atoms with Gasteiger partial charge in [0.25, 0.3) is 0 Å². The van der Waals surface area contributed by atoms with Crippen LogP contribution in [0.1, 0.15) is 6.42 Å². The van der Waals surface area contributed by atoms with Gasteiger partial charge in [-0.15, -0.1) is 0 Å². The molecule has 0 amide bonds. The van der Waals surface area contributed by atoms with Gasteiger partial charge in [0.1, 0.15) is 26.2 Å². The van der Waals surface area contributed by atoms with E-state index in [1.54, 1.807) is 0 Å². The molecule has 1 aliphatic heterocycles. The first-order valence-electron chi connectivity index (χ1n) is 6.00. The number of aliphatic hydroxyl groups is 1. The summed E-state index contributed by atoms with van der Waals surface area (Å²) in [6.07, 6.45) is -1.59. The first kappa shape index (κ1) is 17.1. The zero-order chi connectivity index (χ0) is 14.5. The highest BCUT2D eigenvalue weighted by Crippen LogP contribution is 2.42. The number of hydrogen-bond donors (Lipinski definition) is 2. The van der Waals surface area contributed by atoms with Crippen LogP contribution in [0, 0.1) is 0 Å². The van der Waals surface area contributed by atoms with E-state index in [0.29, 0.717) is 6.42 Å². The molecule has 0 aromatic heterocycles. The Hall–Kier alpha value is 0.0549. The maximum Gasteiger partial charge on any atom is 0.325 e. The predicted octanol–water partition coefficient (Wildman–Crippen LogP) is -0.506. The fourth-order valence-corrected chi connectivity index (χ4v) is 2.59. The minimum atomic E-state index is -3.70. The molecule has 1 rings (SSSR count). The normalized spacial score (nSPS) is 34.3. The fourth-order valence-electron chi connectivity index (χ4n) is 1.88. The molecule has 0 bridgehead atoms. The first-order chi connectivity index (χ1) is 8.89. The zero-order valence-electron chi connectivity index (χ0n) is 11.1. The van der Waals surface area contributed by atoms with E-state index in [9.17, 15) is 9.46 Å². The SMILES string of the molecule is [B][C@@H]1O[C@H](COC)[C@@H](OP(C)(=O)O)[C@H]1OCCCO. The first-order valence-corrected chi connectivity index (χ1v) is 8.02. The van der Waals surface area contributed by atoms with Crippen LogP contribution >= 0.6 is 7.60 Å². The number of methoxy groups -OCH3 is 1. The zero-order valence-corrected chi connectivity index (χ0v) is 12.0. The quantitative estimate of drug-likeness (QED) is 0.354. The lowest BCUT2D eigenvalue weighted by Gasteiger charge is -2.25. The summed E-state index contributed by atoms with van der Waals surface area (Å²) in [6.45, 7) is 1.52. The van der Waals surface area contributed by atoms with Crippen molar-refractivity contribution in [1.82, 2.24) is 0 Å². The van der Waals surface area contributed by atoms with Gasteiger partial charge in [0.15, 0.2) is 0 Å². The number of aliphatic hydroxyl groups excluding tert-OH is 1. The average Bonchev–Trinajstić information content (AvgIpc) is 2.56. The molecule has 1 heterocycles. The van der Waals surface area contributed by atoms with Gasteiger partial charge < -0.3 is 24.2 Å². The Kier molecular flexibility index (Phi) is 6.97. The summed E-state index contributed by atoms with van der Waals surface area (Å²) in [5.74, 6) is 0. The highest BCUT2D eigenvalue weighted by molar-refractivity contribution is 7.51. The molecule has 5 atom stereocenters. The number of ether oxygens (including phenoxy) is 3. The van der Waals surface area contributed by atoms with E-state index in [0.717, 1.165) is 6.66 Å². The van der Waals surface area contributed by atoms with Gasteiger partial charge in [0.05, 0.1) is 6.61 Å². The summed E-state index contributed by atoms with van der Waals surface area (Å²) in [5, 5.41) is 8.72. The summed E-state index contributed by atoms with van der Waals surface area (Å²) in [6, 6.07) is -0.768. The Balaban J connectivity index is 2.70. The minimum absolute atomic E-state index is 0.0118. The van der Waals surface area contributed by atoms with Crippen molar-refractivity contribution >= 4 is 15.4 Å². The van der Waals surface area contributed by atoms with E-state index in [-0.39, 0.29) is 19.8 Å². The molecule has 0 aromatic rings. The van der Waals surface area contributed by atoms with Crippen LogP contribution < -0.4 is 0 Å². The highest BCUT2D eigenvalue weighted by atomic mass is 31.2. The monoisotopic (exact) mass is 294 g/mol. The second kappa shape index (κ2) is 7.74. The molecular weight excluding hydrogens is 274 g/mol. The van der Waals surface area contributed by atoms with Crippen molar-refractivity contribution in [3.05, 3.63) is 0 Å². The van der Waals surface area contributed by atoms with Crippen LogP contribution in [-0.4, -0.2) is 75.8 Å². The molecule has 110 valence electrons. The molecule has 0 spiro atoms. The van der Waals surface area contributed by atoms with Crippen LogP contribution in [-0.2, 0) is 23.3 Å². The Morgan fingerprint density at radius 3 is 2.63 bits per heavy atom. The van der Waals surface area contributed by atoms with Crippen LogP contribution in [0.25, 0.3) is 0 Å². The summed E-state index contributed by atoms with van der Waals surface area (Å²) < 4.78 is 32.4. The van der Waals surface area contributed by atoms with Crippen LogP contribution in [0.15, 0.2) is 0 Å². The van der Waals surface area contributed by atoms with Gasteiger partial charge in [0, 0.05) is 33.0 Å². The maximum atomic E-state index is 11.4. The lowest BCUT2D eigenvalue weighted by molar-refractivity contribution is -0.0266. The van der Waals surface area contributed by atoms with E-state index in [1.807, 2.05) is 0 Å². The number of hydrogen-bond acceptors (Lipinski definition) is 6. The van der Waals surface area contributed by atoms with Crippen molar-refractivity contribution in [2.24, 2.45) is 0 Å². The van der Waals surface area contributed by atoms with Gasteiger partial charge in [0.2, 0.25) is 0 Å². The molecule has 19 heavy (non-hydrogen) atoms. The predicted molar refractivity (Wildman–Crippen MR) is 68.4 cm³/mol. The van der Waals surface area contributed by atoms with Gasteiger partial charge in [-0.05, 0) is 6.42 Å². The molecule has 2 radical (unpaired) electrons. The van der Waals surface area contributed by atoms with E-state index < -0.39 is 31.9 Å². The van der Waals surface area contributed by atoms with Gasteiger partial charge in [-0.3, -0.25) is 9.09 Å². The Morgan fingerprint density at radius 2 is 2.11 bits per heavy atom. The molecule has 1 unspecified atom stereocenters. The van der Waals surface area contributed by atoms with Crippen molar-refractivity contribution in [2.45, 2.75) is 30.7 Å². The molecule has 2 N–H and O–H groups in total. The second-order valence-electron chi connectivity index (χ2n) is 4.38. The van der Waals surface area contributed by atoms with Gasteiger partial charge in [-0.25, -0.2) is 0 Å². The van der Waals surface area contributed by atoms with Crippen molar-refractivity contribution < 1.29 is 33.3 Å². The minimum Gasteiger partial charge on any atom is -0.396 e. The second-order valence-corrected chi connectivity index (χ2v) is 6.20. The Morgan fingerprint density at radius 1 is 1.42 bits per heavy atom. The Bertz CT molecular complexity index is 310. The summed E-state index contributed by atoms with van der Waals surface area (Å²) >= 11 is 0. The summed E-state index contributed by atoms with van der Waals surface area (Å²) in [5.41, 5.74) is 0. The molecule has 1 saturated heterocycles. The third-order valence-electron chi connectivity index (χ3n) is 2.61. The summed E-state index contributed by atoms with van der Waals surface area (Å²) in [7, 11) is 3.56. The van der Waals surface area contributed by atoms with Gasteiger partial charge in [-0.2, -0.15) is 0 Å². The molecule has 1 aliphatic rings. The molecule has 0 saturated carbocycles. The lowest BCUT2D eigenvalue weighted by atomic mass is 9.93. The van der Waals surface area contributed by atoms with Crippen molar-refractivity contribution in [3.8, 4) is 0 Å². The highest BCUT2D eigenvalue weighted by Gasteiger charge is 2.45. The van der Waals surface area contributed by atoms with E-state index in [4.69, 9.17) is 31.7 Å². The van der Waals surface area contributed by atoms with Crippen LogP contribution in [0.5, 0.6) is 0 Å². The van der Waals surface area contributed by atoms with Crippen LogP contribution in [0.3, 0.4) is 0 Å². The molecule has 0 aliphatic carbocycles. The Labute approximate surface area is 114 Å². The van der Waals surface area contributed by atoms with Gasteiger partial charge >= 0.3 is 7.60 Å². The van der Waals surface area contributed by atoms with E-state index >= 15 is 0 Å². The average molecular weight is 294 g/mol. The molecule has 0 aromatic carbocycles. The van der Waals surface area contributed by atoms with Crippen molar-refractivity contribution in [3.63, 3.8) is 0 Å². The standard InChI is InChI=1S/C10H20BO7P/c1-15-6-7-8(18-19(2,13)14)9(10(11)17-7)16-5-3-4-12/h7-10,12H,3-6H2,1-2H3,(H,13,14)/t7-,8-,9-,10-/m1/s1. The topological polar surface area (TPSA) is 94.5 Å². The molecule has 9 heteroatoms. The van der Waals surface area contributed by atoms with E-state index in [2.05, 4.69) is 0 Å². The summed E-state index contributed by atoms with van der Waals surface area (Å²) in [4.78, 5) is 9.34. The fraction of sp³-hybridized carbons (Fsp3) is 1.00. The molecule has 7 nitrogen and oxygen atoms in total. The number of rotatable bonds is 8. The van der Waals surface area contributed by atoms with Crippen LogP contribution in [0.4, 0.5) is 0 Å². The third-order valence-corrected chi connectivity index (χ3v) is 3.24.